The number of hydrogen-bond donors (Lipinski definition) is 1. The number of aryl methyl sites for hydroxylation is 1. The molecule has 1 saturated heterocycles. The number of rotatable bonds is 3. The highest BCUT2D eigenvalue weighted by molar-refractivity contribution is 5.90. The van der Waals surface area contributed by atoms with Crippen LogP contribution < -0.4 is 5.32 Å². The zero-order valence-electron chi connectivity index (χ0n) is 10.3. The Balaban J connectivity index is 1.90. The van der Waals surface area contributed by atoms with Gasteiger partial charge in [0.2, 0.25) is 5.89 Å². The highest BCUT2D eigenvalue weighted by Crippen LogP contribution is 2.13. The smallest absolute Gasteiger partial charge is 0.295 e. The van der Waals surface area contributed by atoms with E-state index in [0.717, 1.165) is 32.5 Å². The molecule has 0 bridgehead atoms. The molecular formula is C11H18N4O2. The highest BCUT2D eigenvalue weighted by atomic mass is 16.5. The van der Waals surface area contributed by atoms with Gasteiger partial charge in [0, 0.05) is 20.5 Å². The normalized spacial score (nSPS) is 17.1. The second-order valence-corrected chi connectivity index (χ2v) is 4.52. The van der Waals surface area contributed by atoms with E-state index in [1.54, 1.807) is 18.9 Å². The third-order valence-electron chi connectivity index (χ3n) is 3.06. The van der Waals surface area contributed by atoms with Gasteiger partial charge in [0.25, 0.3) is 11.7 Å². The number of carbonyl (C=O) groups is 1. The van der Waals surface area contributed by atoms with Crippen LogP contribution >= 0.6 is 0 Å². The summed E-state index contributed by atoms with van der Waals surface area (Å²) < 4.78 is 4.81. The SMILES string of the molecule is Cc1nc(C(=O)N(C)CC2CCNCC2)no1. The Morgan fingerprint density at radius 3 is 2.82 bits per heavy atom. The minimum absolute atomic E-state index is 0.152. The van der Waals surface area contributed by atoms with Crippen LogP contribution in [0.1, 0.15) is 29.4 Å². The fourth-order valence-corrected chi connectivity index (χ4v) is 2.09. The van der Waals surface area contributed by atoms with Gasteiger partial charge in [0.1, 0.15) is 0 Å². The molecule has 6 heteroatoms. The van der Waals surface area contributed by atoms with Gasteiger partial charge >= 0.3 is 0 Å². The van der Waals surface area contributed by atoms with E-state index in [-0.39, 0.29) is 11.7 Å². The Kier molecular flexibility index (Phi) is 3.73. The summed E-state index contributed by atoms with van der Waals surface area (Å²) in [6.07, 6.45) is 2.23. The van der Waals surface area contributed by atoms with Gasteiger partial charge in [0.05, 0.1) is 0 Å². The molecule has 0 unspecified atom stereocenters. The molecule has 1 fully saturated rings. The van der Waals surface area contributed by atoms with Crippen molar-refractivity contribution in [3.63, 3.8) is 0 Å². The summed E-state index contributed by atoms with van der Waals surface area (Å²) in [6, 6.07) is 0. The molecule has 1 aromatic heterocycles. The van der Waals surface area contributed by atoms with Gasteiger partial charge in [0.15, 0.2) is 0 Å². The summed E-state index contributed by atoms with van der Waals surface area (Å²) in [7, 11) is 1.79. The summed E-state index contributed by atoms with van der Waals surface area (Å²) in [6.45, 7) is 4.51. The molecule has 0 atom stereocenters. The zero-order valence-corrected chi connectivity index (χ0v) is 10.3. The van der Waals surface area contributed by atoms with Crippen molar-refractivity contribution in [2.75, 3.05) is 26.7 Å². The van der Waals surface area contributed by atoms with Crippen LogP contribution in [0.25, 0.3) is 0 Å². The van der Waals surface area contributed by atoms with Crippen molar-refractivity contribution in [3.05, 3.63) is 11.7 Å². The van der Waals surface area contributed by atoms with Crippen LogP contribution in [0.3, 0.4) is 0 Å². The van der Waals surface area contributed by atoms with Crippen molar-refractivity contribution < 1.29 is 9.32 Å². The molecule has 1 aliphatic heterocycles. The van der Waals surface area contributed by atoms with E-state index in [4.69, 9.17) is 4.52 Å². The van der Waals surface area contributed by atoms with Crippen LogP contribution in [0.4, 0.5) is 0 Å². The lowest BCUT2D eigenvalue weighted by atomic mass is 9.98. The van der Waals surface area contributed by atoms with Crippen molar-refractivity contribution in [1.82, 2.24) is 20.4 Å². The molecule has 0 radical (unpaired) electrons. The van der Waals surface area contributed by atoms with Crippen LogP contribution in [0.2, 0.25) is 0 Å². The Morgan fingerprint density at radius 2 is 2.24 bits per heavy atom. The maximum Gasteiger partial charge on any atom is 0.295 e. The van der Waals surface area contributed by atoms with Crippen molar-refractivity contribution in [1.29, 1.82) is 0 Å². The van der Waals surface area contributed by atoms with E-state index in [1.165, 1.54) is 0 Å². The number of carbonyl (C=O) groups excluding carboxylic acids is 1. The van der Waals surface area contributed by atoms with Crippen molar-refractivity contribution in [2.24, 2.45) is 5.92 Å². The molecule has 0 saturated carbocycles. The first kappa shape index (κ1) is 12.0. The molecule has 1 aliphatic rings. The van der Waals surface area contributed by atoms with E-state index < -0.39 is 0 Å². The first-order chi connectivity index (χ1) is 8.16. The summed E-state index contributed by atoms with van der Waals surface area (Å²) in [5.74, 6) is 0.973. The molecule has 17 heavy (non-hydrogen) atoms. The molecule has 1 N–H and O–H groups in total. The number of nitrogens with one attached hydrogen (secondary N) is 1. The minimum Gasteiger partial charge on any atom is -0.339 e. The average molecular weight is 238 g/mol. The molecule has 1 amide bonds. The quantitative estimate of drug-likeness (QED) is 0.827. The van der Waals surface area contributed by atoms with E-state index >= 15 is 0 Å². The Bertz CT molecular complexity index is 385. The van der Waals surface area contributed by atoms with Gasteiger partial charge in [-0.25, -0.2) is 0 Å². The van der Waals surface area contributed by atoms with E-state index in [1.807, 2.05) is 0 Å². The Labute approximate surface area is 100 Å². The van der Waals surface area contributed by atoms with Gasteiger partial charge in [-0.05, 0) is 31.8 Å². The molecular weight excluding hydrogens is 220 g/mol. The minimum atomic E-state index is -0.166. The summed E-state index contributed by atoms with van der Waals surface area (Å²) in [5.41, 5.74) is 0. The number of aromatic nitrogens is 2. The summed E-state index contributed by atoms with van der Waals surface area (Å²) >= 11 is 0. The maximum absolute atomic E-state index is 12.0. The second-order valence-electron chi connectivity index (χ2n) is 4.52. The summed E-state index contributed by atoms with van der Waals surface area (Å²) in [5, 5.41) is 6.95. The number of piperidine rings is 1. The van der Waals surface area contributed by atoms with Gasteiger partial charge in [-0.2, -0.15) is 4.98 Å². The monoisotopic (exact) mass is 238 g/mol. The summed E-state index contributed by atoms with van der Waals surface area (Å²) in [4.78, 5) is 17.6. The highest BCUT2D eigenvalue weighted by Gasteiger charge is 2.21. The van der Waals surface area contributed by atoms with Gasteiger partial charge in [-0.1, -0.05) is 5.16 Å². The van der Waals surface area contributed by atoms with E-state index in [2.05, 4.69) is 15.5 Å². The average Bonchev–Trinajstić information content (AvgIpc) is 2.76. The fraction of sp³-hybridized carbons (Fsp3) is 0.727. The Hall–Kier alpha value is -1.43. The van der Waals surface area contributed by atoms with E-state index in [0.29, 0.717) is 11.8 Å². The zero-order chi connectivity index (χ0) is 12.3. The number of hydrogen-bond acceptors (Lipinski definition) is 5. The standard InChI is InChI=1S/C11H18N4O2/c1-8-13-10(14-17-8)11(16)15(2)7-9-3-5-12-6-4-9/h9,12H,3-7H2,1-2H3. The van der Waals surface area contributed by atoms with Crippen LogP contribution in [-0.4, -0.2) is 47.6 Å². The van der Waals surface area contributed by atoms with Crippen LogP contribution in [0, 0.1) is 12.8 Å². The van der Waals surface area contributed by atoms with E-state index in [9.17, 15) is 4.79 Å². The third-order valence-corrected chi connectivity index (χ3v) is 3.06. The lowest BCUT2D eigenvalue weighted by Crippen LogP contribution is -2.37. The predicted molar refractivity (Wildman–Crippen MR) is 61.6 cm³/mol. The first-order valence-corrected chi connectivity index (χ1v) is 5.93. The molecule has 0 spiro atoms. The number of amides is 1. The lowest BCUT2D eigenvalue weighted by Gasteiger charge is -2.26. The Morgan fingerprint density at radius 1 is 1.53 bits per heavy atom. The molecule has 2 rings (SSSR count). The van der Waals surface area contributed by atoms with Crippen LogP contribution in [0.5, 0.6) is 0 Å². The number of nitrogens with zero attached hydrogens (tertiary/aromatic N) is 3. The van der Waals surface area contributed by atoms with Crippen molar-refractivity contribution in [2.45, 2.75) is 19.8 Å². The van der Waals surface area contributed by atoms with Crippen molar-refractivity contribution in [3.8, 4) is 0 Å². The van der Waals surface area contributed by atoms with Crippen LogP contribution in [-0.2, 0) is 0 Å². The van der Waals surface area contributed by atoms with Gasteiger partial charge in [-0.15, -0.1) is 0 Å². The largest absolute Gasteiger partial charge is 0.339 e. The van der Waals surface area contributed by atoms with Crippen LogP contribution in [0.15, 0.2) is 4.52 Å². The lowest BCUT2D eigenvalue weighted by molar-refractivity contribution is 0.0747. The molecule has 0 aromatic carbocycles. The molecule has 6 nitrogen and oxygen atoms in total. The fourth-order valence-electron chi connectivity index (χ4n) is 2.09. The molecule has 1 aromatic rings. The van der Waals surface area contributed by atoms with Gasteiger partial charge < -0.3 is 14.7 Å². The second kappa shape index (κ2) is 5.27. The first-order valence-electron chi connectivity index (χ1n) is 5.93. The topological polar surface area (TPSA) is 71.3 Å². The molecule has 0 aliphatic carbocycles. The maximum atomic E-state index is 12.0. The van der Waals surface area contributed by atoms with Crippen molar-refractivity contribution >= 4 is 5.91 Å². The predicted octanol–water partition coefficient (Wildman–Crippen LogP) is 0.450. The molecule has 94 valence electrons. The third kappa shape index (κ3) is 3.03. The molecule has 2 heterocycles. The van der Waals surface area contributed by atoms with Gasteiger partial charge in [-0.3, -0.25) is 4.79 Å².